The van der Waals surface area contributed by atoms with Gasteiger partial charge in [0.2, 0.25) is 11.3 Å². The van der Waals surface area contributed by atoms with Crippen molar-refractivity contribution in [2.75, 3.05) is 38.1 Å². The molecule has 202 valence electrons. The third-order valence-corrected chi connectivity index (χ3v) is 9.12. The summed E-state index contributed by atoms with van der Waals surface area (Å²) in [5, 5.41) is 6.23. The Morgan fingerprint density at radius 1 is 0.850 bits per heavy atom. The average Bonchev–Trinajstić information content (AvgIpc) is 2.99. The van der Waals surface area contributed by atoms with E-state index in [0.717, 1.165) is 51.6 Å². The van der Waals surface area contributed by atoms with Crippen LogP contribution in [0.25, 0.3) is 32.3 Å². The Hall–Kier alpha value is -3.76. The van der Waals surface area contributed by atoms with E-state index in [1.165, 1.54) is 6.07 Å². The zero-order valence-corrected chi connectivity index (χ0v) is 22.7. The molecule has 4 aromatic carbocycles. The number of halogens is 1. The summed E-state index contributed by atoms with van der Waals surface area (Å²) < 4.78 is 34.7. The van der Waals surface area contributed by atoms with Crippen molar-refractivity contribution in [1.29, 1.82) is 0 Å². The highest BCUT2D eigenvalue weighted by Crippen LogP contribution is 2.46. The van der Waals surface area contributed by atoms with Crippen molar-refractivity contribution in [2.45, 2.75) is 12.1 Å². The maximum atomic E-state index is 13.9. The van der Waals surface area contributed by atoms with Crippen LogP contribution in [0.4, 0.5) is 10.1 Å². The third kappa shape index (κ3) is 4.17. The van der Waals surface area contributed by atoms with Crippen LogP contribution in [0.1, 0.15) is 11.7 Å². The molecule has 0 saturated carbocycles. The lowest BCUT2D eigenvalue weighted by Gasteiger charge is -2.46. The molecule has 2 fully saturated rings. The highest BCUT2D eigenvalue weighted by molar-refractivity contribution is 7.77. The van der Waals surface area contributed by atoms with Gasteiger partial charge in [0.25, 0.3) is 5.91 Å². The summed E-state index contributed by atoms with van der Waals surface area (Å²) in [5.74, 6) is -0.773. The summed E-state index contributed by atoms with van der Waals surface area (Å²) in [6.07, 6.45) is 0.122. The van der Waals surface area contributed by atoms with E-state index in [1.54, 1.807) is 15.3 Å². The fourth-order valence-corrected chi connectivity index (χ4v) is 6.75. The van der Waals surface area contributed by atoms with Gasteiger partial charge in [-0.1, -0.05) is 60.7 Å². The zero-order valence-electron chi connectivity index (χ0n) is 21.9. The number of amides is 1. The number of piperazine rings is 1. The van der Waals surface area contributed by atoms with Gasteiger partial charge in [-0.2, -0.15) is 4.31 Å². The quantitative estimate of drug-likeness (QED) is 0.227. The number of hydrogen-bond acceptors (Lipinski definition) is 5. The van der Waals surface area contributed by atoms with Gasteiger partial charge in [0.15, 0.2) is 6.10 Å². The van der Waals surface area contributed by atoms with Crippen LogP contribution in [0.2, 0.25) is 0 Å². The first-order valence-electron chi connectivity index (χ1n) is 13.3. The van der Waals surface area contributed by atoms with E-state index in [-0.39, 0.29) is 5.91 Å². The first kappa shape index (κ1) is 25.2. The minimum Gasteiger partial charge on any atom is -0.304 e. The highest BCUT2D eigenvalue weighted by atomic mass is 32.2. The van der Waals surface area contributed by atoms with Crippen molar-refractivity contribution in [1.82, 2.24) is 14.2 Å². The van der Waals surface area contributed by atoms with E-state index >= 15 is 0 Å². The van der Waals surface area contributed by atoms with Crippen molar-refractivity contribution < 1.29 is 17.6 Å². The summed E-state index contributed by atoms with van der Waals surface area (Å²) >= 11 is -1.80. The Morgan fingerprint density at radius 3 is 2.30 bits per heavy atom. The summed E-state index contributed by atoms with van der Waals surface area (Å²) in [5.41, 5.74) is 1.19. The van der Waals surface area contributed by atoms with E-state index < -0.39 is 29.2 Å². The Balaban J connectivity index is 1.35. The lowest BCUT2D eigenvalue weighted by Crippen LogP contribution is -2.61. The molecular weight excluding hydrogens is 527 g/mol. The van der Waals surface area contributed by atoms with Gasteiger partial charge in [0, 0.05) is 31.6 Å². The molecule has 40 heavy (non-hydrogen) atoms. The maximum absolute atomic E-state index is 13.9. The van der Waals surface area contributed by atoms with Crippen molar-refractivity contribution in [3.05, 3.63) is 96.6 Å². The normalized spacial score (nSPS) is 21.2. The van der Waals surface area contributed by atoms with Crippen LogP contribution < -0.4 is 4.90 Å². The average molecular weight is 555 g/mol. The standard InChI is InChI=1S/C31H27FN4O3S/c1-34-14-16-35(17-15-34)40(38)39-30-29(27-13-11-21(32)19-33-27)36(31(30)37)28-18-26-22-7-3-2-6-20(22)10-12-24(26)23-8-4-5-9-25(23)28/h2-13,18-19,29-30H,14-17H2,1H3. The molecule has 2 saturated heterocycles. The van der Waals surface area contributed by atoms with E-state index in [2.05, 4.69) is 40.2 Å². The van der Waals surface area contributed by atoms with Crippen LogP contribution in [0.5, 0.6) is 0 Å². The topological polar surface area (TPSA) is 66.0 Å². The molecule has 7 nitrogen and oxygen atoms in total. The Morgan fingerprint density at radius 2 is 1.55 bits per heavy atom. The van der Waals surface area contributed by atoms with Gasteiger partial charge in [-0.05, 0) is 52.2 Å². The van der Waals surface area contributed by atoms with E-state index in [1.807, 2.05) is 43.4 Å². The first-order chi connectivity index (χ1) is 19.5. The lowest BCUT2D eigenvalue weighted by molar-refractivity contribution is -0.134. The number of fused-ring (bicyclic) bond motifs is 5. The summed E-state index contributed by atoms with van der Waals surface area (Å²) in [7, 11) is 2.02. The molecule has 7 rings (SSSR count). The minimum atomic E-state index is -1.80. The number of carbonyl (C=O) groups excluding carboxylic acids is 1. The molecule has 3 heterocycles. The number of rotatable bonds is 5. The molecule has 9 heteroatoms. The molecule has 5 aromatic rings. The second-order valence-electron chi connectivity index (χ2n) is 10.3. The van der Waals surface area contributed by atoms with E-state index in [4.69, 9.17) is 4.18 Å². The SMILES string of the molecule is CN1CCN(S(=O)OC2C(=O)N(c3cc4c5ccccc5ccc4c4ccccc34)C2c2ccc(F)cn2)CC1. The maximum Gasteiger partial charge on any atom is 0.260 e. The molecule has 0 spiro atoms. The fraction of sp³-hybridized carbons (Fsp3) is 0.226. The number of benzene rings is 4. The summed E-state index contributed by atoms with van der Waals surface area (Å²) in [6, 6.07) is 24.7. The number of likely N-dealkylation sites (N-methyl/N-ethyl adjacent to an activating group) is 1. The lowest BCUT2D eigenvalue weighted by atomic mass is 9.90. The summed E-state index contributed by atoms with van der Waals surface area (Å²) in [4.78, 5) is 22.0. The van der Waals surface area contributed by atoms with E-state index in [0.29, 0.717) is 24.5 Å². The van der Waals surface area contributed by atoms with E-state index in [9.17, 15) is 13.4 Å². The van der Waals surface area contributed by atoms with Crippen molar-refractivity contribution in [3.8, 4) is 0 Å². The van der Waals surface area contributed by atoms with Gasteiger partial charge in [-0.15, -0.1) is 0 Å². The molecule has 0 radical (unpaired) electrons. The number of carbonyl (C=O) groups is 1. The molecule has 1 aromatic heterocycles. The molecule has 3 unspecified atom stereocenters. The number of hydrogen-bond donors (Lipinski definition) is 0. The van der Waals surface area contributed by atoms with Crippen LogP contribution in [0.15, 0.2) is 85.1 Å². The monoisotopic (exact) mass is 554 g/mol. The number of nitrogens with zero attached hydrogens (tertiary/aromatic N) is 4. The van der Waals surface area contributed by atoms with Crippen molar-refractivity contribution in [3.63, 3.8) is 0 Å². The largest absolute Gasteiger partial charge is 0.304 e. The smallest absolute Gasteiger partial charge is 0.260 e. The zero-order chi connectivity index (χ0) is 27.4. The van der Waals surface area contributed by atoms with Gasteiger partial charge in [-0.25, -0.2) is 8.60 Å². The predicted octanol–water partition coefficient (Wildman–Crippen LogP) is 4.98. The van der Waals surface area contributed by atoms with Crippen LogP contribution in [0, 0.1) is 5.82 Å². The number of aromatic nitrogens is 1. The molecule has 2 aliphatic rings. The molecule has 0 aliphatic carbocycles. The Bertz CT molecular complexity index is 1790. The molecule has 3 atom stereocenters. The second kappa shape index (κ2) is 10.0. The van der Waals surface area contributed by atoms with Gasteiger partial charge in [0.05, 0.1) is 17.6 Å². The molecule has 1 amide bonds. The molecule has 0 bridgehead atoms. The molecular formula is C31H27FN4O3S. The number of β-lactam (4-membered cyclic amide) rings is 1. The van der Waals surface area contributed by atoms with Crippen LogP contribution >= 0.6 is 0 Å². The minimum absolute atomic E-state index is 0.302. The van der Waals surface area contributed by atoms with Gasteiger partial charge in [0.1, 0.15) is 11.9 Å². The Kier molecular flexibility index (Phi) is 6.31. The van der Waals surface area contributed by atoms with Crippen molar-refractivity contribution in [2.24, 2.45) is 0 Å². The Labute approximate surface area is 233 Å². The van der Waals surface area contributed by atoms with Gasteiger partial charge < -0.3 is 4.90 Å². The number of anilines is 1. The number of pyridine rings is 1. The predicted molar refractivity (Wildman–Crippen MR) is 155 cm³/mol. The molecule has 0 N–H and O–H groups in total. The second-order valence-corrected chi connectivity index (χ2v) is 11.5. The highest BCUT2D eigenvalue weighted by Gasteiger charge is 2.53. The van der Waals surface area contributed by atoms with Gasteiger partial charge >= 0.3 is 0 Å². The van der Waals surface area contributed by atoms with Crippen LogP contribution in [-0.2, 0) is 20.2 Å². The first-order valence-corrected chi connectivity index (χ1v) is 14.3. The molecule has 2 aliphatic heterocycles. The van der Waals surface area contributed by atoms with Crippen LogP contribution in [0.3, 0.4) is 0 Å². The van der Waals surface area contributed by atoms with Crippen LogP contribution in [-0.4, -0.2) is 63.6 Å². The fourth-order valence-electron chi connectivity index (χ4n) is 5.80. The van der Waals surface area contributed by atoms with Gasteiger partial charge in [-0.3, -0.25) is 18.9 Å². The van der Waals surface area contributed by atoms with Crippen molar-refractivity contribution >= 4 is 55.2 Å². The summed E-state index contributed by atoms with van der Waals surface area (Å²) in [6.45, 7) is 2.69. The third-order valence-electron chi connectivity index (χ3n) is 7.96.